The Balaban J connectivity index is 2.98. The Kier molecular flexibility index (Phi) is 7.14. The second-order valence-corrected chi connectivity index (χ2v) is 6.98. The summed E-state index contributed by atoms with van der Waals surface area (Å²) < 4.78 is 5.31. The molecular weight excluding hydrogens is 239 g/mol. The van der Waals surface area contributed by atoms with E-state index < -0.39 is 0 Å². The minimum absolute atomic E-state index is 0.234. The Morgan fingerprint density at radius 3 is 1.94 bits per heavy atom. The zero-order chi connectivity index (χ0) is 13.5. The van der Waals surface area contributed by atoms with Crippen LogP contribution in [0.25, 0.3) is 0 Å². The topological polar surface area (TPSA) is 6.48 Å². The third-order valence-corrected chi connectivity index (χ3v) is 7.02. The normalized spacial score (nSPS) is 20.0. The molecule has 2 nitrogen and oxygen atoms in total. The monoisotopic (exact) mass is 268 g/mol. The van der Waals surface area contributed by atoms with Crippen molar-refractivity contribution in [2.24, 2.45) is 0 Å². The Hall–Kier alpha value is -0.170. The second kappa shape index (κ2) is 8.09. The van der Waals surface area contributed by atoms with Gasteiger partial charge in [0.1, 0.15) is 0 Å². The summed E-state index contributed by atoms with van der Waals surface area (Å²) in [5.41, 5.74) is 2.18. The van der Waals surface area contributed by atoms with Crippen LogP contribution in [-0.4, -0.2) is 41.2 Å². The fraction of sp³-hybridized carbons (Fsp3) is 0.733. The van der Waals surface area contributed by atoms with Crippen LogP contribution in [0.1, 0.15) is 41.0 Å². The van der Waals surface area contributed by atoms with Crippen molar-refractivity contribution in [2.45, 2.75) is 46.7 Å². The summed E-state index contributed by atoms with van der Waals surface area (Å²) in [6, 6.07) is 0. The van der Waals surface area contributed by atoms with Gasteiger partial charge in [0.15, 0.2) is 0 Å². The standard InChI is InChI=1S/C15H29N2P/c1-6-16(7-2)18(17(8-3)9-4)15-13-11-10-12-14(15)5/h11-13,15H,6-10H2,1-5H3. The van der Waals surface area contributed by atoms with E-state index in [1.165, 1.54) is 0 Å². The lowest BCUT2D eigenvalue weighted by Crippen LogP contribution is -2.34. The van der Waals surface area contributed by atoms with Crippen molar-refractivity contribution in [1.82, 2.24) is 9.34 Å². The van der Waals surface area contributed by atoms with Crippen LogP contribution in [0.3, 0.4) is 0 Å². The van der Waals surface area contributed by atoms with Gasteiger partial charge in [0.2, 0.25) is 0 Å². The molecule has 104 valence electrons. The molecule has 0 spiro atoms. The Morgan fingerprint density at radius 2 is 1.56 bits per heavy atom. The van der Waals surface area contributed by atoms with Gasteiger partial charge in [-0.1, -0.05) is 51.5 Å². The summed E-state index contributed by atoms with van der Waals surface area (Å²) in [5.74, 6) is 0. The summed E-state index contributed by atoms with van der Waals surface area (Å²) >= 11 is 0. The van der Waals surface area contributed by atoms with Crippen LogP contribution in [0.15, 0.2) is 23.8 Å². The summed E-state index contributed by atoms with van der Waals surface area (Å²) in [7, 11) is -0.234. The van der Waals surface area contributed by atoms with Gasteiger partial charge in [0, 0.05) is 31.8 Å². The maximum atomic E-state index is 2.65. The molecule has 0 amide bonds. The number of hydrogen-bond acceptors (Lipinski definition) is 2. The van der Waals surface area contributed by atoms with Gasteiger partial charge in [-0.2, -0.15) is 0 Å². The van der Waals surface area contributed by atoms with Crippen molar-refractivity contribution in [2.75, 3.05) is 26.2 Å². The fourth-order valence-electron chi connectivity index (χ4n) is 2.55. The minimum atomic E-state index is -0.234. The van der Waals surface area contributed by atoms with Gasteiger partial charge in [-0.15, -0.1) is 0 Å². The van der Waals surface area contributed by atoms with E-state index in [1.807, 2.05) is 0 Å². The van der Waals surface area contributed by atoms with Gasteiger partial charge >= 0.3 is 0 Å². The first-order valence-corrected chi connectivity index (χ1v) is 8.63. The predicted octanol–water partition coefficient (Wildman–Crippen LogP) is 4.26. The van der Waals surface area contributed by atoms with Crippen LogP contribution in [-0.2, 0) is 0 Å². The lowest BCUT2D eigenvalue weighted by molar-refractivity contribution is 0.420. The number of allylic oxidation sites excluding steroid dienone is 4. The molecule has 0 aromatic carbocycles. The summed E-state index contributed by atoms with van der Waals surface area (Å²) in [6.07, 6.45) is 8.28. The lowest BCUT2D eigenvalue weighted by Gasteiger charge is -2.42. The smallest absolute Gasteiger partial charge is 0.0509 e. The van der Waals surface area contributed by atoms with E-state index in [0.717, 1.165) is 32.6 Å². The lowest BCUT2D eigenvalue weighted by atomic mass is 10.1. The van der Waals surface area contributed by atoms with Gasteiger partial charge < -0.3 is 0 Å². The molecular formula is C15H29N2P. The molecule has 1 aliphatic rings. The van der Waals surface area contributed by atoms with Crippen LogP contribution in [0.4, 0.5) is 0 Å². The van der Waals surface area contributed by atoms with Crippen LogP contribution in [0.5, 0.6) is 0 Å². The summed E-state index contributed by atoms with van der Waals surface area (Å²) in [6.45, 7) is 16.0. The number of nitrogens with zero attached hydrogens (tertiary/aromatic N) is 2. The molecule has 0 saturated heterocycles. The van der Waals surface area contributed by atoms with Gasteiger partial charge in [0.05, 0.1) is 8.22 Å². The van der Waals surface area contributed by atoms with Crippen molar-refractivity contribution in [3.8, 4) is 0 Å². The molecule has 18 heavy (non-hydrogen) atoms. The fourth-order valence-corrected chi connectivity index (χ4v) is 5.52. The molecule has 1 rings (SSSR count). The van der Waals surface area contributed by atoms with Gasteiger partial charge in [0.25, 0.3) is 0 Å². The van der Waals surface area contributed by atoms with E-state index in [2.05, 4.69) is 62.2 Å². The van der Waals surface area contributed by atoms with Crippen molar-refractivity contribution in [3.05, 3.63) is 23.8 Å². The first kappa shape index (κ1) is 15.9. The Bertz CT molecular complexity index is 279. The zero-order valence-corrected chi connectivity index (χ0v) is 13.6. The van der Waals surface area contributed by atoms with E-state index in [-0.39, 0.29) is 8.22 Å². The van der Waals surface area contributed by atoms with Crippen molar-refractivity contribution in [1.29, 1.82) is 0 Å². The third-order valence-electron chi connectivity index (χ3n) is 3.65. The average molecular weight is 268 g/mol. The minimum Gasteiger partial charge on any atom is -0.270 e. The molecule has 0 heterocycles. The zero-order valence-electron chi connectivity index (χ0n) is 12.7. The average Bonchev–Trinajstić information content (AvgIpc) is 2.40. The molecule has 0 aromatic heterocycles. The highest BCUT2D eigenvalue weighted by Gasteiger charge is 2.30. The number of hydrogen-bond donors (Lipinski definition) is 0. The van der Waals surface area contributed by atoms with E-state index in [4.69, 9.17) is 0 Å². The second-order valence-electron chi connectivity index (χ2n) is 4.66. The molecule has 0 N–H and O–H groups in total. The van der Waals surface area contributed by atoms with E-state index in [1.54, 1.807) is 5.57 Å². The van der Waals surface area contributed by atoms with Gasteiger partial charge in [-0.3, -0.25) is 9.34 Å². The molecule has 1 atom stereocenters. The van der Waals surface area contributed by atoms with Gasteiger partial charge in [-0.05, 0) is 13.3 Å². The first-order valence-electron chi connectivity index (χ1n) is 7.31. The maximum Gasteiger partial charge on any atom is 0.0509 e. The number of rotatable bonds is 7. The van der Waals surface area contributed by atoms with Crippen molar-refractivity contribution >= 4 is 8.22 Å². The molecule has 0 aliphatic heterocycles. The summed E-state index contributed by atoms with van der Waals surface area (Å²) in [4.78, 5) is 0. The molecule has 1 unspecified atom stereocenters. The highest BCUT2D eigenvalue weighted by Crippen LogP contribution is 2.52. The van der Waals surface area contributed by atoms with Crippen LogP contribution in [0.2, 0.25) is 0 Å². The van der Waals surface area contributed by atoms with Gasteiger partial charge in [-0.25, -0.2) is 0 Å². The summed E-state index contributed by atoms with van der Waals surface area (Å²) in [5, 5.41) is 0. The van der Waals surface area contributed by atoms with E-state index >= 15 is 0 Å². The SMILES string of the molecule is CCN(CC)P(C1C=CCC=C1C)N(CC)CC. The van der Waals surface area contributed by atoms with Crippen molar-refractivity contribution in [3.63, 3.8) is 0 Å². The van der Waals surface area contributed by atoms with Crippen LogP contribution >= 0.6 is 8.22 Å². The highest BCUT2D eigenvalue weighted by atomic mass is 31.1. The molecule has 0 saturated carbocycles. The first-order chi connectivity index (χ1) is 8.69. The highest BCUT2D eigenvalue weighted by molar-refractivity contribution is 7.54. The van der Waals surface area contributed by atoms with Crippen LogP contribution in [0, 0.1) is 0 Å². The molecule has 0 fully saturated rings. The molecule has 3 heteroatoms. The predicted molar refractivity (Wildman–Crippen MR) is 84.1 cm³/mol. The Morgan fingerprint density at radius 1 is 1.06 bits per heavy atom. The van der Waals surface area contributed by atoms with Crippen LogP contribution < -0.4 is 0 Å². The molecule has 1 aliphatic carbocycles. The van der Waals surface area contributed by atoms with Crippen molar-refractivity contribution < 1.29 is 0 Å². The molecule has 0 radical (unpaired) electrons. The largest absolute Gasteiger partial charge is 0.270 e. The maximum absolute atomic E-state index is 2.65. The molecule has 0 aromatic rings. The molecule has 0 bridgehead atoms. The Labute approximate surface area is 115 Å². The third kappa shape index (κ3) is 3.66. The van der Waals surface area contributed by atoms with E-state index in [9.17, 15) is 0 Å². The van der Waals surface area contributed by atoms with E-state index in [0.29, 0.717) is 5.66 Å². The quantitative estimate of drug-likeness (QED) is 0.503.